The van der Waals surface area contributed by atoms with Gasteiger partial charge < -0.3 is 5.32 Å². The molecule has 0 fully saturated rings. The van der Waals surface area contributed by atoms with E-state index in [2.05, 4.69) is 92.1 Å². The molecule has 0 spiro atoms. The van der Waals surface area contributed by atoms with E-state index < -0.39 is 4.75 Å². The molecular formula is C30H26N4OS. The Bertz CT molecular complexity index is 1290. The molecule has 2 heterocycles. The first-order chi connectivity index (χ1) is 17.8. The fourth-order valence-corrected chi connectivity index (χ4v) is 5.58. The lowest BCUT2D eigenvalue weighted by Crippen LogP contribution is -2.27. The molecule has 3 aromatic carbocycles. The van der Waals surface area contributed by atoms with Crippen molar-refractivity contribution in [2.24, 2.45) is 0 Å². The van der Waals surface area contributed by atoms with Crippen LogP contribution in [0, 0.1) is 0 Å². The minimum atomic E-state index is -0.475. The zero-order chi connectivity index (χ0) is 24.6. The van der Waals surface area contributed by atoms with Gasteiger partial charge in [-0.15, -0.1) is 0 Å². The summed E-state index contributed by atoms with van der Waals surface area (Å²) < 4.78 is 1.60. The number of nitrogens with one attached hydrogen (secondary N) is 1. The van der Waals surface area contributed by atoms with E-state index in [-0.39, 0.29) is 5.91 Å². The predicted octanol–water partition coefficient (Wildman–Crippen LogP) is 5.74. The summed E-state index contributed by atoms with van der Waals surface area (Å²) in [5.41, 5.74) is 5.08. The molecular weight excluding hydrogens is 464 g/mol. The smallest absolute Gasteiger partial charge is 0.251 e. The number of hydrogen-bond acceptors (Lipinski definition) is 4. The van der Waals surface area contributed by atoms with E-state index in [1.807, 2.05) is 30.7 Å². The molecule has 0 radical (unpaired) electrons. The van der Waals surface area contributed by atoms with Crippen molar-refractivity contribution in [1.29, 1.82) is 0 Å². The summed E-state index contributed by atoms with van der Waals surface area (Å²) >= 11 is 1.71. The second-order valence-electron chi connectivity index (χ2n) is 8.34. The minimum absolute atomic E-state index is 0.109. The van der Waals surface area contributed by atoms with Crippen LogP contribution in [0.1, 0.15) is 32.7 Å². The third-order valence-corrected chi connectivity index (χ3v) is 7.40. The number of benzene rings is 3. The number of imidazole rings is 1. The highest BCUT2D eigenvalue weighted by Crippen LogP contribution is 2.48. The highest BCUT2D eigenvalue weighted by molar-refractivity contribution is 7.99. The first-order valence-electron chi connectivity index (χ1n) is 11.8. The average molecular weight is 491 g/mol. The molecule has 1 amide bonds. The molecule has 5 nitrogen and oxygen atoms in total. The number of aromatic nitrogens is 3. The molecule has 0 bridgehead atoms. The topological polar surface area (TPSA) is 59.8 Å². The van der Waals surface area contributed by atoms with Crippen LogP contribution in [0.4, 0.5) is 0 Å². The number of carbonyl (C=O) groups excluding carboxylic acids is 1. The summed E-state index contributed by atoms with van der Waals surface area (Å²) in [7, 11) is 0. The molecule has 5 rings (SSSR count). The fourth-order valence-electron chi connectivity index (χ4n) is 4.27. The summed E-state index contributed by atoms with van der Waals surface area (Å²) in [6, 6.07) is 35.1. The van der Waals surface area contributed by atoms with E-state index in [9.17, 15) is 4.79 Å². The Balaban J connectivity index is 1.42. The van der Waals surface area contributed by atoms with Crippen LogP contribution < -0.4 is 5.32 Å². The molecule has 0 aliphatic carbocycles. The Hall–Kier alpha value is -4.16. The minimum Gasteiger partial charge on any atom is -0.352 e. The third-order valence-electron chi connectivity index (χ3n) is 6.01. The van der Waals surface area contributed by atoms with Gasteiger partial charge >= 0.3 is 0 Å². The SMILES string of the molecule is O=C(NCCc1cn(SC(c2ccccc2)(c2ccccc2)c2ccccc2)cn1)c1ccncc1. The summed E-state index contributed by atoms with van der Waals surface area (Å²) in [5.74, 6) is -0.109. The monoisotopic (exact) mass is 490 g/mol. The number of rotatable bonds is 9. The van der Waals surface area contributed by atoms with Crippen LogP contribution in [-0.2, 0) is 11.2 Å². The Morgan fingerprint density at radius 3 is 1.83 bits per heavy atom. The largest absolute Gasteiger partial charge is 0.352 e. The van der Waals surface area contributed by atoms with Crippen LogP contribution in [0.25, 0.3) is 0 Å². The lowest BCUT2D eigenvalue weighted by molar-refractivity contribution is 0.0954. The zero-order valence-electron chi connectivity index (χ0n) is 19.7. The van der Waals surface area contributed by atoms with Crippen molar-refractivity contribution in [3.63, 3.8) is 0 Å². The van der Waals surface area contributed by atoms with Gasteiger partial charge in [0.1, 0.15) is 11.1 Å². The van der Waals surface area contributed by atoms with Crippen molar-refractivity contribution < 1.29 is 4.79 Å². The number of hydrogen-bond donors (Lipinski definition) is 1. The molecule has 0 aliphatic heterocycles. The molecule has 178 valence electrons. The molecule has 6 heteroatoms. The van der Waals surface area contributed by atoms with Crippen molar-refractivity contribution in [3.8, 4) is 0 Å². The normalized spacial score (nSPS) is 11.2. The second kappa shape index (κ2) is 11.1. The first kappa shape index (κ1) is 23.6. The Morgan fingerprint density at radius 2 is 1.31 bits per heavy atom. The van der Waals surface area contributed by atoms with Gasteiger partial charge in [-0.05, 0) is 40.8 Å². The molecule has 1 N–H and O–H groups in total. The van der Waals surface area contributed by atoms with Crippen molar-refractivity contribution in [2.45, 2.75) is 11.2 Å². The lowest BCUT2D eigenvalue weighted by Gasteiger charge is -2.35. The maximum Gasteiger partial charge on any atom is 0.251 e. The Kier molecular flexibility index (Phi) is 7.24. The van der Waals surface area contributed by atoms with Gasteiger partial charge in [0, 0.05) is 37.1 Å². The second-order valence-corrected chi connectivity index (χ2v) is 9.55. The molecule has 0 atom stereocenters. The van der Waals surface area contributed by atoms with E-state index >= 15 is 0 Å². The molecule has 36 heavy (non-hydrogen) atoms. The van der Waals surface area contributed by atoms with Gasteiger partial charge in [0.25, 0.3) is 5.91 Å². The fraction of sp³-hybridized carbons (Fsp3) is 0.100. The third kappa shape index (κ3) is 5.09. The molecule has 0 aliphatic rings. The first-order valence-corrected chi connectivity index (χ1v) is 12.6. The van der Waals surface area contributed by atoms with Gasteiger partial charge in [0.05, 0.1) is 5.69 Å². The van der Waals surface area contributed by atoms with Gasteiger partial charge in [-0.2, -0.15) is 0 Å². The van der Waals surface area contributed by atoms with Gasteiger partial charge in [-0.25, -0.2) is 4.98 Å². The van der Waals surface area contributed by atoms with Gasteiger partial charge in [0.15, 0.2) is 0 Å². The van der Waals surface area contributed by atoms with Crippen LogP contribution in [0.5, 0.6) is 0 Å². The van der Waals surface area contributed by atoms with E-state index in [1.165, 1.54) is 16.7 Å². The van der Waals surface area contributed by atoms with E-state index in [4.69, 9.17) is 0 Å². The van der Waals surface area contributed by atoms with Crippen LogP contribution >= 0.6 is 11.9 Å². The number of nitrogens with zero attached hydrogens (tertiary/aromatic N) is 3. The molecule has 5 aromatic rings. The Labute approximate surface area is 215 Å². The van der Waals surface area contributed by atoms with Crippen LogP contribution in [-0.4, -0.2) is 26.4 Å². The quantitative estimate of drug-likeness (QED) is 0.268. The van der Waals surface area contributed by atoms with Crippen molar-refractivity contribution in [1.82, 2.24) is 19.3 Å². The van der Waals surface area contributed by atoms with Crippen molar-refractivity contribution in [2.75, 3.05) is 6.54 Å². The molecule has 2 aromatic heterocycles. The highest BCUT2D eigenvalue weighted by Gasteiger charge is 2.38. The standard InChI is InChI=1S/C30H26N4OS/c35-29(24-16-19-31-20-17-24)32-21-18-28-22-34(23-33-28)36-30(25-10-4-1-5-11-25,26-12-6-2-7-13-26)27-14-8-3-9-15-27/h1-17,19-20,22-23H,18,21H2,(H,32,35). The van der Waals surface area contributed by atoms with Gasteiger partial charge in [-0.3, -0.25) is 13.8 Å². The van der Waals surface area contributed by atoms with E-state index in [0.29, 0.717) is 18.5 Å². The molecule has 0 saturated heterocycles. The van der Waals surface area contributed by atoms with Crippen molar-refractivity contribution in [3.05, 3.63) is 156 Å². The summed E-state index contributed by atoms with van der Waals surface area (Å²) in [6.07, 6.45) is 7.78. The zero-order valence-corrected chi connectivity index (χ0v) is 20.5. The summed E-state index contributed by atoms with van der Waals surface area (Å²) in [4.78, 5) is 20.9. The van der Waals surface area contributed by atoms with Crippen LogP contribution in [0.15, 0.2) is 128 Å². The van der Waals surface area contributed by atoms with Gasteiger partial charge in [-0.1, -0.05) is 91.0 Å². The molecule has 0 saturated carbocycles. The predicted molar refractivity (Wildman–Crippen MR) is 145 cm³/mol. The van der Waals surface area contributed by atoms with Gasteiger partial charge in [0.2, 0.25) is 0 Å². The Morgan fingerprint density at radius 1 is 0.778 bits per heavy atom. The maximum absolute atomic E-state index is 12.3. The van der Waals surface area contributed by atoms with E-state index in [0.717, 1.165) is 5.69 Å². The lowest BCUT2D eigenvalue weighted by atomic mass is 9.84. The van der Waals surface area contributed by atoms with Crippen LogP contribution in [0.3, 0.4) is 0 Å². The number of amides is 1. The summed E-state index contributed by atoms with van der Waals surface area (Å²) in [5, 5.41) is 2.96. The highest BCUT2D eigenvalue weighted by atomic mass is 32.2. The van der Waals surface area contributed by atoms with E-state index in [1.54, 1.807) is 36.5 Å². The van der Waals surface area contributed by atoms with Crippen molar-refractivity contribution >= 4 is 17.9 Å². The average Bonchev–Trinajstić information content (AvgIpc) is 3.40. The summed E-state index contributed by atoms with van der Waals surface area (Å²) in [6.45, 7) is 0.504. The molecule has 0 unspecified atom stereocenters. The number of pyridine rings is 1. The van der Waals surface area contributed by atoms with Crippen LogP contribution in [0.2, 0.25) is 0 Å². The maximum atomic E-state index is 12.3. The number of carbonyl (C=O) groups is 1.